The molecule has 0 saturated carbocycles. The average molecular weight is 188 g/mol. The first-order valence-electron chi connectivity index (χ1n) is 3.95. The number of benzene rings is 1. The maximum atomic E-state index is 11.2. The van der Waals surface area contributed by atoms with Gasteiger partial charge in [-0.15, -0.1) is 0 Å². The standard InChI is InChI=1S/C11H8O3/c1-2-3-10(12)8-4-6-9(7-5-8)11(13)14/h4-7H,1H3,(H,13,14). The number of ketones is 1. The van der Waals surface area contributed by atoms with Gasteiger partial charge in [0, 0.05) is 5.56 Å². The molecule has 0 fully saturated rings. The fraction of sp³-hybridized carbons (Fsp3) is 0.0909. The highest BCUT2D eigenvalue weighted by atomic mass is 16.4. The maximum absolute atomic E-state index is 11.2. The summed E-state index contributed by atoms with van der Waals surface area (Å²) in [6.07, 6.45) is 0. The van der Waals surface area contributed by atoms with Crippen molar-refractivity contribution in [1.29, 1.82) is 0 Å². The molecule has 0 aromatic heterocycles. The summed E-state index contributed by atoms with van der Waals surface area (Å²) in [5, 5.41) is 8.60. The molecule has 3 heteroatoms. The van der Waals surface area contributed by atoms with Crippen LogP contribution in [-0.4, -0.2) is 16.9 Å². The maximum Gasteiger partial charge on any atom is 0.335 e. The Kier molecular flexibility index (Phi) is 3.03. The second-order valence-electron chi connectivity index (χ2n) is 2.59. The Balaban J connectivity index is 2.98. The molecule has 1 aromatic carbocycles. The van der Waals surface area contributed by atoms with Crippen molar-refractivity contribution in [3.63, 3.8) is 0 Å². The van der Waals surface area contributed by atoms with Gasteiger partial charge in [-0.05, 0) is 37.1 Å². The van der Waals surface area contributed by atoms with E-state index < -0.39 is 5.97 Å². The van der Waals surface area contributed by atoms with Crippen LogP contribution in [0.25, 0.3) is 0 Å². The zero-order valence-corrected chi connectivity index (χ0v) is 7.57. The van der Waals surface area contributed by atoms with Crippen LogP contribution in [-0.2, 0) is 0 Å². The summed E-state index contributed by atoms with van der Waals surface area (Å²) in [5.74, 6) is 3.55. The molecular weight excluding hydrogens is 180 g/mol. The molecule has 0 bridgehead atoms. The SMILES string of the molecule is CC#CC(=O)c1ccc(C(=O)O)cc1. The summed E-state index contributed by atoms with van der Waals surface area (Å²) in [6.45, 7) is 1.57. The molecule has 0 aliphatic carbocycles. The van der Waals surface area contributed by atoms with Crippen molar-refractivity contribution < 1.29 is 14.7 Å². The Morgan fingerprint density at radius 1 is 1.14 bits per heavy atom. The fourth-order valence-corrected chi connectivity index (χ4v) is 0.950. The normalized spacial score (nSPS) is 8.64. The molecule has 0 aliphatic heterocycles. The number of carbonyl (C=O) groups excluding carboxylic acids is 1. The van der Waals surface area contributed by atoms with Gasteiger partial charge in [0.15, 0.2) is 0 Å². The van der Waals surface area contributed by atoms with Gasteiger partial charge < -0.3 is 5.11 Å². The molecule has 1 rings (SSSR count). The van der Waals surface area contributed by atoms with E-state index in [1.807, 2.05) is 0 Å². The Hall–Kier alpha value is -2.08. The zero-order valence-electron chi connectivity index (χ0n) is 7.57. The van der Waals surface area contributed by atoms with Gasteiger partial charge in [-0.2, -0.15) is 0 Å². The lowest BCUT2D eigenvalue weighted by Crippen LogP contribution is -1.99. The molecule has 1 aromatic rings. The van der Waals surface area contributed by atoms with Crippen molar-refractivity contribution in [3.8, 4) is 11.8 Å². The predicted octanol–water partition coefficient (Wildman–Crippen LogP) is 1.59. The van der Waals surface area contributed by atoms with Gasteiger partial charge in [0.05, 0.1) is 5.56 Å². The number of hydrogen-bond donors (Lipinski definition) is 1. The van der Waals surface area contributed by atoms with Crippen LogP contribution in [0, 0.1) is 11.8 Å². The second kappa shape index (κ2) is 4.24. The Morgan fingerprint density at radius 3 is 2.07 bits per heavy atom. The van der Waals surface area contributed by atoms with E-state index in [4.69, 9.17) is 5.11 Å². The number of carbonyl (C=O) groups is 2. The van der Waals surface area contributed by atoms with E-state index in [1.165, 1.54) is 24.3 Å². The second-order valence-corrected chi connectivity index (χ2v) is 2.59. The monoisotopic (exact) mass is 188 g/mol. The van der Waals surface area contributed by atoms with E-state index in [1.54, 1.807) is 6.92 Å². The number of hydrogen-bond acceptors (Lipinski definition) is 2. The molecule has 14 heavy (non-hydrogen) atoms. The summed E-state index contributed by atoms with van der Waals surface area (Å²) in [5.41, 5.74) is 0.565. The summed E-state index contributed by atoms with van der Waals surface area (Å²) < 4.78 is 0. The fourth-order valence-electron chi connectivity index (χ4n) is 0.950. The summed E-state index contributed by atoms with van der Waals surface area (Å²) in [7, 11) is 0. The van der Waals surface area contributed by atoms with Crippen LogP contribution < -0.4 is 0 Å². The van der Waals surface area contributed by atoms with Crippen LogP contribution in [0.15, 0.2) is 24.3 Å². The molecule has 0 heterocycles. The van der Waals surface area contributed by atoms with Gasteiger partial charge in [-0.3, -0.25) is 4.79 Å². The highest BCUT2D eigenvalue weighted by Crippen LogP contribution is 2.04. The lowest BCUT2D eigenvalue weighted by atomic mass is 10.1. The van der Waals surface area contributed by atoms with Crippen LogP contribution in [0.4, 0.5) is 0 Å². The number of carboxylic acid groups (broad SMARTS) is 1. The quantitative estimate of drug-likeness (QED) is 0.435. The lowest BCUT2D eigenvalue weighted by molar-refractivity contribution is 0.0696. The van der Waals surface area contributed by atoms with Crippen molar-refractivity contribution in [2.75, 3.05) is 0 Å². The van der Waals surface area contributed by atoms with E-state index in [0.717, 1.165) is 0 Å². The van der Waals surface area contributed by atoms with Gasteiger partial charge in [-0.25, -0.2) is 4.79 Å². The highest BCUT2D eigenvalue weighted by Gasteiger charge is 2.04. The minimum absolute atomic E-state index is 0.158. The van der Waals surface area contributed by atoms with E-state index in [-0.39, 0.29) is 11.3 Å². The van der Waals surface area contributed by atoms with Crippen LogP contribution >= 0.6 is 0 Å². The Bertz CT molecular complexity index is 418. The summed E-state index contributed by atoms with van der Waals surface area (Å²) >= 11 is 0. The summed E-state index contributed by atoms with van der Waals surface area (Å²) in [4.78, 5) is 21.7. The first kappa shape index (κ1) is 10.0. The van der Waals surface area contributed by atoms with E-state index in [2.05, 4.69) is 11.8 Å². The first-order valence-corrected chi connectivity index (χ1v) is 3.95. The third-order valence-corrected chi connectivity index (χ3v) is 1.63. The molecule has 70 valence electrons. The van der Waals surface area contributed by atoms with Crippen molar-refractivity contribution in [3.05, 3.63) is 35.4 Å². The first-order chi connectivity index (χ1) is 6.65. The lowest BCUT2D eigenvalue weighted by Gasteiger charge is -1.95. The van der Waals surface area contributed by atoms with Gasteiger partial charge >= 0.3 is 5.97 Å². The average Bonchev–Trinajstić information content (AvgIpc) is 2.18. The molecule has 0 saturated heterocycles. The van der Waals surface area contributed by atoms with E-state index >= 15 is 0 Å². The van der Waals surface area contributed by atoms with Gasteiger partial charge in [0.25, 0.3) is 0 Å². The van der Waals surface area contributed by atoms with Gasteiger partial charge in [0.2, 0.25) is 5.78 Å². The van der Waals surface area contributed by atoms with E-state index in [0.29, 0.717) is 5.56 Å². The number of carboxylic acids is 1. The van der Waals surface area contributed by atoms with Crippen molar-refractivity contribution in [1.82, 2.24) is 0 Å². The third kappa shape index (κ3) is 2.20. The van der Waals surface area contributed by atoms with Crippen LogP contribution in [0.2, 0.25) is 0 Å². The minimum atomic E-state index is -1.01. The number of Topliss-reactive ketones (excluding diaryl/α,β-unsaturated/α-hetero) is 1. The highest BCUT2D eigenvalue weighted by molar-refractivity contribution is 6.09. The Morgan fingerprint density at radius 2 is 1.64 bits per heavy atom. The predicted molar refractivity (Wildman–Crippen MR) is 51.2 cm³/mol. The van der Waals surface area contributed by atoms with Gasteiger partial charge in [0.1, 0.15) is 0 Å². The topological polar surface area (TPSA) is 54.4 Å². The smallest absolute Gasteiger partial charge is 0.335 e. The molecule has 0 spiro atoms. The molecule has 0 unspecified atom stereocenters. The Labute approximate surface area is 81.4 Å². The van der Waals surface area contributed by atoms with Crippen LogP contribution in [0.5, 0.6) is 0 Å². The molecule has 1 N–H and O–H groups in total. The molecule has 0 amide bonds. The van der Waals surface area contributed by atoms with Crippen LogP contribution in [0.3, 0.4) is 0 Å². The van der Waals surface area contributed by atoms with Crippen molar-refractivity contribution >= 4 is 11.8 Å². The van der Waals surface area contributed by atoms with Gasteiger partial charge in [-0.1, -0.05) is 5.92 Å². The largest absolute Gasteiger partial charge is 0.478 e. The number of aromatic carboxylic acids is 1. The molecule has 3 nitrogen and oxygen atoms in total. The van der Waals surface area contributed by atoms with Crippen molar-refractivity contribution in [2.45, 2.75) is 6.92 Å². The van der Waals surface area contributed by atoms with E-state index in [9.17, 15) is 9.59 Å². The molecule has 0 aliphatic rings. The number of rotatable bonds is 2. The van der Waals surface area contributed by atoms with Crippen molar-refractivity contribution in [2.24, 2.45) is 0 Å². The molecular formula is C11H8O3. The van der Waals surface area contributed by atoms with Crippen LogP contribution in [0.1, 0.15) is 27.6 Å². The third-order valence-electron chi connectivity index (χ3n) is 1.63. The zero-order chi connectivity index (χ0) is 10.6. The molecule has 0 atom stereocenters. The molecule has 0 radical (unpaired) electrons. The minimum Gasteiger partial charge on any atom is -0.478 e. The summed E-state index contributed by atoms with van der Waals surface area (Å²) in [6, 6.07) is 5.67.